The first-order chi connectivity index (χ1) is 10.4. The minimum Gasteiger partial charge on any atom is -0.382 e. The molecule has 4 fully saturated rings. The quantitative estimate of drug-likeness (QED) is 0.693. The zero-order valence-electron chi connectivity index (χ0n) is 12.9. The van der Waals surface area contributed by atoms with E-state index in [1.54, 1.807) is 6.08 Å². The van der Waals surface area contributed by atoms with Gasteiger partial charge >= 0.3 is 0 Å². The Kier molecular flexibility index (Phi) is 2.28. The van der Waals surface area contributed by atoms with Crippen molar-refractivity contribution in [3.05, 3.63) is 12.2 Å². The van der Waals surface area contributed by atoms with Gasteiger partial charge < -0.3 is 9.84 Å². The zero-order valence-corrected chi connectivity index (χ0v) is 12.9. The number of epoxide rings is 1. The predicted molar refractivity (Wildman–Crippen MR) is 78.0 cm³/mol. The second-order valence-electron chi connectivity index (χ2n) is 8.28. The molecule has 22 heavy (non-hydrogen) atoms. The highest BCUT2D eigenvalue weighted by molar-refractivity contribution is 5.98. The van der Waals surface area contributed by atoms with Crippen molar-refractivity contribution in [1.82, 2.24) is 0 Å². The van der Waals surface area contributed by atoms with Gasteiger partial charge in [0, 0.05) is 11.8 Å². The molecule has 0 amide bonds. The summed E-state index contributed by atoms with van der Waals surface area (Å²) in [5.74, 6) is 1.31. The van der Waals surface area contributed by atoms with Crippen LogP contribution in [0.4, 0.5) is 0 Å². The number of carbonyl (C=O) groups excluding carboxylic acids is 2. The zero-order chi connectivity index (χ0) is 15.3. The van der Waals surface area contributed by atoms with Crippen molar-refractivity contribution in [2.24, 2.45) is 23.2 Å². The van der Waals surface area contributed by atoms with Gasteiger partial charge in [0.15, 0.2) is 11.9 Å². The molecule has 1 heterocycles. The molecule has 0 aromatic heterocycles. The average Bonchev–Trinajstić information content (AvgIpc) is 3.17. The summed E-state index contributed by atoms with van der Waals surface area (Å²) in [6.45, 7) is 2.13. The van der Waals surface area contributed by atoms with Gasteiger partial charge in [0.2, 0.25) is 0 Å². The Hall–Kier alpha value is -1.00. The van der Waals surface area contributed by atoms with Crippen molar-refractivity contribution in [1.29, 1.82) is 0 Å². The summed E-state index contributed by atoms with van der Waals surface area (Å²) in [6.07, 6.45) is 7.90. The maximum absolute atomic E-state index is 12.3. The van der Waals surface area contributed by atoms with E-state index in [0.717, 1.165) is 32.1 Å². The highest BCUT2D eigenvalue weighted by atomic mass is 16.6. The SMILES string of the molecule is C[C@]12CC[C@@H]3[C@@H](CC[C@]45O[C@H]4C(=O)C=C[C@]35O)[C@H]1CCC2=O. The largest absolute Gasteiger partial charge is 0.382 e. The molecule has 7 atom stereocenters. The Morgan fingerprint density at radius 3 is 2.82 bits per heavy atom. The van der Waals surface area contributed by atoms with Gasteiger partial charge in [0.05, 0.1) is 0 Å². The highest BCUT2D eigenvalue weighted by Gasteiger charge is 2.77. The smallest absolute Gasteiger partial charge is 0.187 e. The molecule has 1 spiro atoms. The number of ether oxygens (including phenoxy) is 1. The van der Waals surface area contributed by atoms with E-state index in [0.29, 0.717) is 24.0 Å². The van der Waals surface area contributed by atoms with E-state index in [1.165, 1.54) is 6.08 Å². The normalized spacial score (nSPS) is 58.6. The molecule has 0 bridgehead atoms. The van der Waals surface area contributed by atoms with E-state index in [-0.39, 0.29) is 17.1 Å². The summed E-state index contributed by atoms with van der Waals surface area (Å²) in [4.78, 5) is 24.2. The van der Waals surface area contributed by atoms with Gasteiger partial charge in [-0.05, 0) is 62.0 Å². The predicted octanol–water partition coefficient (Wildman–Crippen LogP) is 1.80. The maximum atomic E-state index is 12.3. The van der Waals surface area contributed by atoms with Gasteiger partial charge in [0.25, 0.3) is 0 Å². The van der Waals surface area contributed by atoms with Crippen molar-refractivity contribution < 1.29 is 19.4 Å². The van der Waals surface area contributed by atoms with Crippen molar-refractivity contribution in [2.75, 3.05) is 0 Å². The molecule has 3 saturated carbocycles. The monoisotopic (exact) mass is 302 g/mol. The fraction of sp³-hybridized carbons (Fsp3) is 0.778. The van der Waals surface area contributed by atoms with Gasteiger partial charge in [-0.15, -0.1) is 0 Å². The first-order valence-electron chi connectivity index (χ1n) is 8.59. The standard InChI is InChI=1S/C18H22O4/c1-16-7-5-12-10(11(16)2-3-14(16)20)4-9-18-15(22-18)13(19)6-8-17(12,18)21/h6,8,10-12,15,21H,2-5,7,9H2,1H3/t10-,11+,12+,15-,16-,17-,18-/m0/s1. The van der Waals surface area contributed by atoms with E-state index < -0.39 is 17.3 Å². The van der Waals surface area contributed by atoms with Crippen LogP contribution < -0.4 is 0 Å². The molecular formula is C18H22O4. The number of carbonyl (C=O) groups is 2. The number of hydrogen-bond acceptors (Lipinski definition) is 4. The van der Waals surface area contributed by atoms with Crippen LogP contribution in [0.3, 0.4) is 0 Å². The lowest BCUT2D eigenvalue weighted by molar-refractivity contribution is -0.150. The molecule has 1 aliphatic heterocycles. The van der Waals surface area contributed by atoms with E-state index >= 15 is 0 Å². The Labute approximate surface area is 129 Å². The van der Waals surface area contributed by atoms with Gasteiger partial charge in [0.1, 0.15) is 17.0 Å². The fourth-order valence-electron chi connectivity index (χ4n) is 6.42. The molecule has 4 heteroatoms. The third-order valence-corrected chi connectivity index (χ3v) is 7.69. The maximum Gasteiger partial charge on any atom is 0.187 e. The average molecular weight is 302 g/mol. The molecule has 118 valence electrons. The molecule has 0 unspecified atom stereocenters. The molecule has 1 saturated heterocycles. The summed E-state index contributed by atoms with van der Waals surface area (Å²) < 4.78 is 5.76. The summed E-state index contributed by atoms with van der Waals surface area (Å²) in [7, 11) is 0. The minimum atomic E-state index is -1.01. The summed E-state index contributed by atoms with van der Waals surface area (Å²) in [5, 5.41) is 11.4. The minimum absolute atomic E-state index is 0.000170. The van der Waals surface area contributed by atoms with Crippen LogP contribution in [0, 0.1) is 23.2 Å². The third kappa shape index (κ3) is 1.26. The van der Waals surface area contributed by atoms with Crippen LogP contribution in [0.15, 0.2) is 12.2 Å². The van der Waals surface area contributed by atoms with E-state index in [2.05, 4.69) is 6.92 Å². The molecular weight excluding hydrogens is 280 g/mol. The first kappa shape index (κ1) is 13.4. The summed E-state index contributed by atoms with van der Waals surface area (Å²) >= 11 is 0. The number of ketones is 2. The fourth-order valence-corrected chi connectivity index (χ4v) is 6.42. The van der Waals surface area contributed by atoms with Crippen molar-refractivity contribution in [3.8, 4) is 0 Å². The van der Waals surface area contributed by atoms with Gasteiger partial charge in [-0.3, -0.25) is 9.59 Å². The van der Waals surface area contributed by atoms with Gasteiger partial charge in [-0.1, -0.05) is 6.92 Å². The van der Waals surface area contributed by atoms with E-state index in [4.69, 9.17) is 4.74 Å². The van der Waals surface area contributed by atoms with Crippen molar-refractivity contribution >= 4 is 11.6 Å². The number of Topliss-reactive ketones (excluding diaryl/α,β-unsaturated/α-hetero) is 1. The Morgan fingerprint density at radius 1 is 1.18 bits per heavy atom. The second kappa shape index (κ2) is 3.73. The molecule has 5 aliphatic rings. The lowest BCUT2D eigenvalue weighted by Crippen LogP contribution is -2.62. The van der Waals surface area contributed by atoms with Gasteiger partial charge in [-0.2, -0.15) is 0 Å². The highest BCUT2D eigenvalue weighted by Crippen LogP contribution is 2.67. The number of fused-ring (bicyclic) bond motifs is 4. The van der Waals surface area contributed by atoms with Gasteiger partial charge in [-0.25, -0.2) is 0 Å². The molecule has 0 aromatic rings. The molecule has 4 nitrogen and oxygen atoms in total. The van der Waals surface area contributed by atoms with Crippen LogP contribution in [0.25, 0.3) is 0 Å². The molecule has 0 aromatic carbocycles. The topological polar surface area (TPSA) is 66.9 Å². The van der Waals surface area contributed by atoms with Crippen LogP contribution in [0.2, 0.25) is 0 Å². The summed E-state index contributed by atoms with van der Waals surface area (Å²) in [5.41, 5.74) is -1.85. The van der Waals surface area contributed by atoms with Crippen LogP contribution in [0.5, 0.6) is 0 Å². The molecule has 0 radical (unpaired) electrons. The van der Waals surface area contributed by atoms with Crippen molar-refractivity contribution in [3.63, 3.8) is 0 Å². The van der Waals surface area contributed by atoms with E-state index in [9.17, 15) is 14.7 Å². The lowest BCUT2D eigenvalue weighted by Gasteiger charge is -2.55. The lowest BCUT2D eigenvalue weighted by atomic mass is 9.49. The number of rotatable bonds is 0. The number of hydrogen-bond donors (Lipinski definition) is 1. The van der Waals surface area contributed by atoms with Crippen LogP contribution in [-0.4, -0.2) is 34.0 Å². The van der Waals surface area contributed by atoms with Crippen LogP contribution in [0.1, 0.15) is 45.4 Å². The summed E-state index contributed by atoms with van der Waals surface area (Å²) in [6, 6.07) is 0. The number of aliphatic hydroxyl groups is 1. The van der Waals surface area contributed by atoms with E-state index in [1.807, 2.05) is 0 Å². The Balaban J connectivity index is 1.56. The first-order valence-corrected chi connectivity index (χ1v) is 8.59. The molecule has 4 aliphatic carbocycles. The Bertz CT molecular complexity index is 625. The second-order valence-corrected chi connectivity index (χ2v) is 8.28. The van der Waals surface area contributed by atoms with Crippen molar-refractivity contribution in [2.45, 2.75) is 62.8 Å². The van der Waals surface area contributed by atoms with Crippen LogP contribution >= 0.6 is 0 Å². The third-order valence-electron chi connectivity index (χ3n) is 7.69. The molecule has 5 rings (SSSR count). The van der Waals surface area contributed by atoms with Crippen LogP contribution in [-0.2, 0) is 14.3 Å². The Morgan fingerprint density at radius 2 is 2.00 bits per heavy atom. The molecule has 1 N–H and O–H groups in total.